The normalized spacial score (nSPS) is 12.4. The summed E-state index contributed by atoms with van der Waals surface area (Å²) in [5.74, 6) is 0.325. The summed E-state index contributed by atoms with van der Waals surface area (Å²) >= 11 is 0. The van der Waals surface area contributed by atoms with Gasteiger partial charge in [-0.25, -0.2) is 4.39 Å². The highest BCUT2D eigenvalue weighted by Crippen LogP contribution is 2.13. The lowest BCUT2D eigenvalue weighted by Crippen LogP contribution is -2.12. The van der Waals surface area contributed by atoms with E-state index in [4.69, 9.17) is 4.42 Å². The van der Waals surface area contributed by atoms with Crippen molar-refractivity contribution < 1.29 is 8.81 Å². The van der Waals surface area contributed by atoms with Crippen LogP contribution in [0.1, 0.15) is 24.4 Å². The van der Waals surface area contributed by atoms with Crippen LogP contribution in [0, 0.1) is 5.82 Å². The Bertz CT molecular complexity index is 512. The number of hydrogen-bond donors (Lipinski definition) is 2. The first-order valence-electron chi connectivity index (χ1n) is 6.18. The van der Waals surface area contributed by atoms with E-state index in [9.17, 15) is 4.39 Å². The molecule has 5 nitrogen and oxygen atoms in total. The first-order chi connectivity index (χ1) is 9.19. The van der Waals surface area contributed by atoms with Gasteiger partial charge < -0.3 is 15.1 Å². The number of nitrogens with zero attached hydrogens (tertiary/aromatic N) is 2. The van der Waals surface area contributed by atoms with Crippen LogP contribution in [0.25, 0.3) is 0 Å². The van der Waals surface area contributed by atoms with Crippen molar-refractivity contribution in [3.63, 3.8) is 0 Å². The molecule has 0 amide bonds. The molecule has 1 aromatic carbocycles. The second-order valence-electron chi connectivity index (χ2n) is 4.26. The highest BCUT2D eigenvalue weighted by atomic mass is 19.1. The molecule has 0 radical (unpaired) electrons. The van der Waals surface area contributed by atoms with Gasteiger partial charge in [0.15, 0.2) is 0 Å². The van der Waals surface area contributed by atoms with Gasteiger partial charge in [0, 0.05) is 6.54 Å². The van der Waals surface area contributed by atoms with Gasteiger partial charge in [-0.2, -0.15) is 0 Å². The quantitative estimate of drug-likeness (QED) is 0.837. The minimum Gasteiger partial charge on any atom is -0.406 e. The molecule has 1 atom stereocenters. The molecule has 0 spiro atoms. The topological polar surface area (TPSA) is 63.0 Å². The van der Waals surface area contributed by atoms with Crippen LogP contribution < -0.4 is 10.6 Å². The zero-order chi connectivity index (χ0) is 13.7. The minimum absolute atomic E-state index is 0.0279. The van der Waals surface area contributed by atoms with Crippen LogP contribution in [0.3, 0.4) is 0 Å². The Kier molecular flexibility index (Phi) is 4.46. The van der Waals surface area contributed by atoms with E-state index in [2.05, 4.69) is 20.8 Å². The summed E-state index contributed by atoms with van der Waals surface area (Å²) in [6.45, 7) is 2.59. The summed E-state index contributed by atoms with van der Waals surface area (Å²) in [6, 6.07) is 6.86. The number of halogens is 1. The van der Waals surface area contributed by atoms with Crippen LogP contribution in [0.4, 0.5) is 10.4 Å². The highest BCUT2D eigenvalue weighted by molar-refractivity contribution is 5.21. The molecule has 6 heteroatoms. The summed E-state index contributed by atoms with van der Waals surface area (Å²) in [5, 5.41) is 13.9. The summed E-state index contributed by atoms with van der Waals surface area (Å²) in [6.07, 6.45) is 0.763. The highest BCUT2D eigenvalue weighted by Gasteiger charge is 2.11. The van der Waals surface area contributed by atoms with Gasteiger partial charge in [0.2, 0.25) is 5.89 Å². The zero-order valence-electron chi connectivity index (χ0n) is 11.0. The average Bonchev–Trinajstić information content (AvgIpc) is 2.89. The Balaban J connectivity index is 1.82. The van der Waals surface area contributed by atoms with Crippen molar-refractivity contribution >= 4 is 6.01 Å². The smallest absolute Gasteiger partial charge is 0.315 e. The van der Waals surface area contributed by atoms with Crippen LogP contribution in [-0.4, -0.2) is 23.8 Å². The number of aromatic nitrogens is 2. The van der Waals surface area contributed by atoms with Crippen molar-refractivity contribution in [2.75, 3.05) is 18.9 Å². The molecule has 0 aliphatic heterocycles. The molecule has 0 aliphatic rings. The molecule has 1 unspecified atom stereocenters. The molecular formula is C13H17FN4O. The van der Waals surface area contributed by atoms with Crippen LogP contribution >= 0.6 is 0 Å². The Morgan fingerprint density at radius 1 is 1.26 bits per heavy atom. The van der Waals surface area contributed by atoms with E-state index in [1.165, 1.54) is 12.1 Å². The third-order valence-corrected chi connectivity index (χ3v) is 2.85. The Morgan fingerprint density at radius 2 is 2.00 bits per heavy atom. The number of anilines is 1. The van der Waals surface area contributed by atoms with E-state index in [-0.39, 0.29) is 11.9 Å². The van der Waals surface area contributed by atoms with Gasteiger partial charge in [0.1, 0.15) is 5.82 Å². The number of hydrogen-bond acceptors (Lipinski definition) is 5. The largest absolute Gasteiger partial charge is 0.406 e. The number of rotatable bonds is 6. The fourth-order valence-electron chi connectivity index (χ4n) is 1.57. The molecule has 0 aliphatic carbocycles. The molecule has 1 aromatic heterocycles. The first kappa shape index (κ1) is 13.5. The third kappa shape index (κ3) is 3.75. The van der Waals surface area contributed by atoms with Gasteiger partial charge >= 0.3 is 6.01 Å². The monoisotopic (exact) mass is 264 g/mol. The molecule has 0 saturated heterocycles. The van der Waals surface area contributed by atoms with E-state index in [1.54, 1.807) is 12.1 Å². The third-order valence-electron chi connectivity index (χ3n) is 2.85. The molecule has 1 heterocycles. The number of nitrogens with one attached hydrogen (secondary N) is 2. The van der Waals surface area contributed by atoms with Crippen LogP contribution in [-0.2, 0) is 6.42 Å². The van der Waals surface area contributed by atoms with E-state index in [1.807, 2.05) is 14.0 Å². The maximum Gasteiger partial charge on any atom is 0.315 e. The van der Waals surface area contributed by atoms with Gasteiger partial charge in [0.25, 0.3) is 0 Å². The fraction of sp³-hybridized carbons (Fsp3) is 0.385. The van der Waals surface area contributed by atoms with E-state index in [0.29, 0.717) is 18.5 Å². The minimum atomic E-state index is -0.223. The van der Waals surface area contributed by atoms with Crippen molar-refractivity contribution in [2.45, 2.75) is 19.4 Å². The fourth-order valence-corrected chi connectivity index (χ4v) is 1.57. The van der Waals surface area contributed by atoms with Crippen molar-refractivity contribution in [3.8, 4) is 0 Å². The summed E-state index contributed by atoms with van der Waals surface area (Å²) < 4.78 is 18.2. The predicted octanol–water partition coefficient (Wildman–Crippen LogP) is 2.14. The lowest BCUT2D eigenvalue weighted by molar-refractivity contribution is 0.441. The first-order valence-corrected chi connectivity index (χ1v) is 6.18. The van der Waals surface area contributed by atoms with Crippen molar-refractivity contribution in [1.29, 1.82) is 0 Å². The lowest BCUT2D eigenvalue weighted by atomic mass is 10.1. The second-order valence-corrected chi connectivity index (χ2v) is 4.26. The standard InChI is InChI=1S/C13H17FN4O/c1-9(15-2)12-17-18-13(19-12)16-8-7-10-3-5-11(14)6-4-10/h3-6,9,15H,7-8H2,1-2H3,(H,16,18). The molecule has 0 saturated carbocycles. The van der Waals surface area contributed by atoms with Gasteiger partial charge in [-0.15, -0.1) is 5.10 Å². The molecule has 2 aromatic rings. The van der Waals surface area contributed by atoms with Crippen molar-refractivity contribution in [3.05, 3.63) is 41.5 Å². The van der Waals surface area contributed by atoms with Crippen molar-refractivity contribution in [1.82, 2.24) is 15.5 Å². The number of benzene rings is 1. The lowest BCUT2D eigenvalue weighted by Gasteiger charge is -2.03. The van der Waals surface area contributed by atoms with Gasteiger partial charge in [-0.05, 0) is 38.1 Å². The summed E-state index contributed by atoms with van der Waals surface area (Å²) in [5.41, 5.74) is 1.05. The second kappa shape index (κ2) is 6.29. The summed E-state index contributed by atoms with van der Waals surface area (Å²) in [4.78, 5) is 0. The molecule has 2 N–H and O–H groups in total. The van der Waals surface area contributed by atoms with Gasteiger partial charge in [0.05, 0.1) is 6.04 Å². The van der Waals surface area contributed by atoms with E-state index < -0.39 is 0 Å². The Morgan fingerprint density at radius 3 is 2.68 bits per heavy atom. The Labute approximate surface area is 111 Å². The van der Waals surface area contributed by atoms with Crippen LogP contribution in [0.5, 0.6) is 0 Å². The maximum absolute atomic E-state index is 12.7. The van der Waals surface area contributed by atoms with Crippen molar-refractivity contribution in [2.24, 2.45) is 0 Å². The Hall–Kier alpha value is -1.95. The van der Waals surface area contributed by atoms with E-state index in [0.717, 1.165) is 12.0 Å². The van der Waals surface area contributed by atoms with Gasteiger partial charge in [-0.1, -0.05) is 17.2 Å². The SMILES string of the molecule is CNC(C)c1nnc(NCCc2ccc(F)cc2)o1. The summed E-state index contributed by atoms with van der Waals surface area (Å²) in [7, 11) is 1.83. The predicted molar refractivity (Wildman–Crippen MR) is 70.4 cm³/mol. The molecule has 102 valence electrons. The zero-order valence-corrected chi connectivity index (χ0v) is 11.0. The molecule has 2 rings (SSSR count). The maximum atomic E-state index is 12.7. The van der Waals surface area contributed by atoms with Gasteiger partial charge in [-0.3, -0.25) is 0 Å². The molecule has 0 fully saturated rings. The molecule has 19 heavy (non-hydrogen) atoms. The van der Waals surface area contributed by atoms with E-state index >= 15 is 0 Å². The van der Waals surface area contributed by atoms with Crippen LogP contribution in [0.15, 0.2) is 28.7 Å². The molecular weight excluding hydrogens is 247 g/mol. The van der Waals surface area contributed by atoms with Crippen LogP contribution in [0.2, 0.25) is 0 Å². The average molecular weight is 264 g/mol. The molecule has 0 bridgehead atoms.